The third kappa shape index (κ3) is 2.39. The van der Waals surface area contributed by atoms with E-state index in [1.54, 1.807) is 24.3 Å². The molecule has 3 aromatic rings. The molecular formula is C20H14N2O4. The summed E-state index contributed by atoms with van der Waals surface area (Å²) in [6, 6.07) is 16.7. The van der Waals surface area contributed by atoms with E-state index in [4.69, 9.17) is 0 Å². The normalized spacial score (nSPS) is 11.8. The molecule has 4 rings (SSSR count). The lowest BCUT2D eigenvalue weighted by atomic mass is 10.0. The first-order chi connectivity index (χ1) is 12.6. The maximum absolute atomic E-state index is 12.7. The molecule has 0 unspecified atom stereocenters. The van der Waals surface area contributed by atoms with Gasteiger partial charge in [0.25, 0.3) is 5.91 Å². The second-order valence-corrected chi connectivity index (χ2v) is 5.96. The van der Waals surface area contributed by atoms with Gasteiger partial charge in [0, 0.05) is 17.2 Å². The number of pyridine rings is 1. The van der Waals surface area contributed by atoms with Crippen molar-refractivity contribution < 1.29 is 19.4 Å². The Kier molecular flexibility index (Phi) is 3.65. The molecule has 26 heavy (non-hydrogen) atoms. The van der Waals surface area contributed by atoms with Gasteiger partial charge in [-0.25, -0.2) is 0 Å². The van der Waals surface area contributed by atoms with Gasteiger partial charge in [0.2, 0.25) is 5.69 Å². The predicted octanol–water partition coefficient (Wildman–Crippen LogP) is 2.17. The summed E-state index contributed by atoms with van der Waals surface area (Å²) in [5.74, 6) is -1.08. The molecule has 0 saturated heterocycles. The van der Waals surface area contributed by atoms with Crippen molar-refractivity contribution in [3.8, 4) is 17.0 Å². The highest BCUT2D eigenvalue weighted by Gasteiger charge is 2.30. The minimum absolute atomic E-state index is 0.0679. The smallest absolute Gasteiger partial charge is 0.377 e. The van der Waals surface area contributed by atoms with Crippen molar-refractivity contribution in [2.75, 3.05) is 0 Å². The van der Waals surface area contributed by atoms with Crippen LogP contribution in [0, 0.1) is 5.21 Å². The number of fused-ring (bicyclic) bond motifs is 3. The van der Waals surface area contributed by atoms with Crippen LogP contribution in [0.15, 0.2) is 60.7 Å². The molecule has 1 aromatic heterocycles. The summed E-state index contributed by atoms with van der Waals surface area (Å²) in [5, 5.41) is 23.8. The van der Waals surface area contributed by atoms with Crippen LogP contribution in [0.2, 0.25) is 0 Å². The van der Waals surface area contributed by atoms with Crippen LogP contribution in [-0.4, -0.2) is 16.8 Å². The Morgan fingerprint density at radius 1 is 0.962 bits per heavy atom. The van der Waals surface area contributed by atoms with Crippen LogP contribution in [0.3, 0.4) is 0 Å². The minimum atomic E-state index is -0.452. The number of amides is 1. The number of aromatic hydroxyl groups is 1. The molecule has 0 radical (unpaired) electrons. The van der Waals surface area contributed by atoms with Crippen LogP contribution in [-0.2, 0) is 6.54 Å². The number of rotatable bonds is 3. The average Bonchev–Trinajstić information content (AvgIpc) is 2.96. The monoisotopic (exact) mass is 346 g/mol. The largest absolute Gasteiger partial charge is 0.616 e. The second kappa shape index (κ2) is 6.00. The number of aromatic nitrogens is 1. The second-order valence-electron chi connectivity index (χ2n) is 5.96. The molecule has 6 heteroatoms. The number of ketones is 1. The van der Waals surface area contributed by atoms with Gasteiger partial charge in [0.1, 0.15) is 6.54 Å². The number of hydrogen-bond acceptors (Lipinski definition) is 4. The fraction of sp³-hybridized carbons (Fsp3) is 0.0500. The van der Waals surface area contributed by atoms with Gasteiger partial charge in [-0.15, -0.1) is 4.73 Å². The van der Waals surface area contributed by atoms with Gasteiger partial charge in [0.05, 0.1) is 11.6 Å². The number of nitrogens with zero attached hydrogens (tertiary/aromatic N) is 1. The fourth-order valence-corrected chi connectivity index (χ4v) is 3.19. The lowest BCUT2D eigenvalue weighted by Crippen LogP contribution is -2.36. The lowest BCUT2D eigenvalue weighted by Gasteiger charge is -2.09. The molecule has 1 aliphatic rings. The maximum atomic E-state index is 12.7. The van der Waals surface area contributed by atoms with E-state index in [2.05, 4.69) is 5.32 Å². The van der Waals surface area contributed by atoms with E-state index in [1.807, 2.05) is 18.2 Å². The van der Waals surface area contributed by atoms with Crippen molar-refractivity contribution in [3.05, 3.63) is 88.3 Å². The quantitative estimate of drug-likeness (QED) is 0.439. The van der Waals surface area contributed by atoms with Crippen LogP contribution < -0.4 is 10.0 Å². The van der Waals surface area contributed by atoms with Crippen LogP contribution in [0.4, 0.5) is 0 Å². The van der Waals surface area contributed by atoms with Crippen molar-refractivity contribution in [2.45, 2.75) is 6.54 Å². The number of nitrogens with one attached hydrogen (secondary N) is 1. The molecule has 0 aliphatic heterocycles. The fourth-order valence-electron chi connectivity index (χ4n) is 3.19. The lowest BCUT2D eigenvalue weighted by molar-refractivity contribution is -0.621. The third-order valence-corrected chi connectivity index (χ3v) is 4.43. The van der Waals surface area contributed by atoms with Gasteiger partial charge in [0.15, 0.2) is 5.78 Å². The molecule has 2 aromatic carbocycles. The number of hydrogen-bond donors (Lipinski definition) is 2. The molecular weight excluding hydrogens is 332 g/mol. The molecule has 1 amide bonds. The summed E-state index contributed by atoms with van der Waals surface area (Å²) in [7, 11) is 0. The SMILES string of the molecule is O=C(NCc1cccc(O)[n+]1[O-])c1cccc2c1C(=O)c1ccccc1-2. The molecule has 2 N–H and O–H groups in total. The van der Waals surface area contributed by atoms with E-state index in [0.29, 0.717) is 15.9 Å². The Hall–Kier alpha value is -3.67. The summed E-state index contributed by atoms with van der Waals surface area (Å²) >= 11 is 0. The van der Waals surface area contributed by atoms with Crippen molar-refractivity contribution in [2.24, 2.45) is 0 Å². The molecule has 0 saturated carbocycles. The highest BCUT2D eigenvalue weighted by atomic mass is 16.5. The van der Waals surface area contributed by atoms with Crippen LogP contribution in [0.1, 0.15) is 32.0 Å². The molecule has 0 bridgehead atoms. The van der Waals surface area contributed by atoms with Crippen LogP contribution in [0.25, 0.3) is 11.1 Å². The zero-order valence-electron chi connectivity index (χ0n) is 13.6. The molecule has 1 aliphatic carbocycles. The van der Waals surface area contributed by atoms with Gasteiger partial charge in [-0.1, -0.05) is 36.4 Å². The number of benzene rings is 2. The zero-order valence-corrected chi connectivity index (χ0v) is 13.6. The summed E-state index contributed by atoms with van der Waals surface area (Å²) in [5.41, 5.74) is 2.95. The minimum Gasteiger partial charge on any atom is -0.616 e. The van der Waals surface area contributed by atoms with E-state index < -0.39 is 11.8 Å². The molecule has 0 atom stereocenters. The van der Waals surface area contributed by atoms with E-state index in [9.17, 15) is 19.9 Å². The highest BCUT2D eigenvalue weighted by Crippen LogP contribution is 2.37. The van der Waals surface area contributed by atoms with Crippen molar-refractivity contribution >= 4 is 11.7 Å². The van der Waals surface area contributed by atoms with Crippen molar-refractivity contribution in [1.29, 1.82) is 0 Å². The topological polar surface area (TPSA) is 93.3 Å². The Balaban J connectivity index is 1.65. The number of carbonyl (C=O) groups is 2. The number of carbonyl (C=O) groups excluding carboxylic acids is 2. The van der Waals surface area contributed by atoms with E-state index in [0.717, 1.165) is 11.1 Å². The van der Waals surface area contributed by atoms with Crippen molar-refractivity contribution in [3.63, 3.8) is 0 Å². The van der Waals surface area contributed by atoms with Crippen molar-refractivity contribution in [1.82, 2.24) is 5.32 Å². The molecule has 1 heterocycles. The van der Waals surface area contributed by atoms with Crippen LogP contribution in [0.5, 0.6) is 5.88 Å². The van der Waals surface area contributed by atoms with Gasteiger partial charge in [-0.2, -0.15) is 0 Å². The molecule has 0 spiro atoms. The Labute approximate surface area is 148 Å². The molecule has 128 valence electrons. The first-order valence-corrected chi connectivity index (χ1v) is 8.03. The van der Waals surface area contributed by atoms with E-state index >= 15 is 0 Å². The summed E-state index contributed by atoms with van der Waals surface area (Å²) in [4.78, 5) is 25.4. The third-order valence-electron chi connectivity index (χ3n) is 4.43. The maximum Gasteiger partial charge on any atom is 0.377 e. The zero-order chi connectivity index (χ0) is 18.3. The molecule has 0 fully saturated rings. The first kappa shape index (κ1) is 15.8. The molecule has 6 nitrogen and oxygen atoms in total. The van der Waals surface area contributed by atoms with Gasteiger partial charge >= 0.3 is 5.88 Å². The van der Waals surface area contributed by atoms with Crippen LogP contribution >= 0.6 is 0 Å². The van der Waals surface area contributed by atoms with Gasteiger partial charge in [-0.3, -0.25) is 9.59 Å². The van der Waals surface area contributed by atoms with E-state index in [-0.39, 0.29) is 23.6 Å². The average molecular weight is 346 g/mol. The Morgan fingerprint density at radius 2 is 1.65 bits per heavy atom. The van der Waals surface area contributed by atoms with Gasteiger partial charge < -0.3 is 15.6 Å². The Bertz CT molecular complexity index is 1060. The first-order valence-electron chi connectivity index (χ1n) is 8.03. The Morgan fingerprint density at radius 3 is 2.46 bits per heavy atom. The summed E-state index contributed by atoms with van der Waals surface area (Å²) in [6.45, 7) is -0.0679. The van der Waals surface area contributed by atoms with Gasteiger partial charge in [-0.05, 0) is 23.3 Å². The standard InChI is InChI=1S/C20H14N2O4/c23-17-10-3-5-12(22(17)26)11-21-20(25)16-9-4-8-14-13-6-1-2-7-15(13)19(24)18(14)16/h1-10,23H,11H2,(H,21,25). The summed E-state index contributed by atoms with van der Waals surface area (Å²) in [6.07, 6.45) is 0. The summed E-state index contributed by atoms with van der Waals surface area (Å²) < 4.78 is 0.344. The predicted molar refractivity (Wildman–Crippen MR) is 93.5 cm³/mol. The highest BCUT2D eigenvalue weighted by molar-refractivity contribution is 6.25. The van der Waals surface area contributed by atoms with E-state index in [1.165, 1.54) is 18.2 Å².